The van der Waals surface area contributed by atoms with Crippen molar-refractivity contribution in [3.8, 4) is 0 Å². The first-order valence-corrected chi connectivity index (χ1v) is 8.92. The molecule has 0 aliphatic rings. The molecule has 0 bridgehead atoms. The molecule has 0 fully saturated rings. The van der Waals surface area contributed by atoms with Gasteiger partial charge in [-0.15, -0.1) is 11.6 Å². The first kappa shape index (κ1) is 17.0. The number of benzene rings is 1. The van der Waals surface area contributed by atoms with E-state index in [1.807, 2.05) is 19.9 Å². The van der Waals surface area contributed by atoms with Crippen molar-refractivity contribution in [1.29, 1.82) is 0 Å². The molecule has 0 amide bonds. The number of nitrogens with zero attached hydrogens (tertiary/aromatic N) is 1. The predicted molar refractivity (Wildman–Crippen MR) is 83.2 cm³/mol. The molecule has 108 valence electrons. The molecule has 19 heavy (non-hydrogen) atoms. The quantitative estimate of drug-likeness (QED) is 0.714. The Balaban J connectivity index is 3.24. The smallest absolute Gasteiger partial charge is 0.207 e. The fourth-order valence-corrected chi connectivity index (χ4v) is 4.13. The molecule has 0 saturated carbocycles. The zero-order valence-electron chi connectivity index (χ0n) is 11.4. The summed E-state index contributed by atoms with van der Waals surface area (Å²) in [6, 6.07) is 3.53. The van der Waals surface area contributed by atoms with Gasteiger partial charge < -0.3 is 0 Å². The molecule has 0 N–H and O–H groups in total. The number of sulfonamides is 1. The molecule has 3 nitrogen and oxygen atoms in total. The van der Waals surface area contributed by atoms with Crippen LogP contribution in [0.25, 0.3) is 0 Å². The van der Waals surface area contributed by atoms with Crippen molar-refractivity contribution in [1.82, 2.24) is 4.31 Å². The maximum Gasteiger partial charge on any atom is 0.243 e. The summed E-state index contributed by atoms with van der Waals surface area (Å²) in [5.74, 6) is 0.301. The van der Waals surface area contributed by atoms with Crippen LogP contribution in [0.1, 0.15) is 30.9 Å². The highest BCUT2D eigenvalue weighted by Crippen LogP contribution is 2.29. The molecule has 0 aliphatic heterocycles. The average molecular weight is 369 g/mol. The standard InChI is InChI=1S/C13H19BrClNO2S/c1-4-5-6-16(3)19(17,18)12-8-11(9-15)7-10(2)13(12)14/h7-8H,4-6,9H2,1-3H3. The summed E-state index contributed by atoms with van der Waals surface area (Å²) in [4.78, 5) is 0.293. The van der Waals surface area contributed by atoms with Crippen LogP contribution < -0.4 is 0 Å². The fraction of sp³-hybridized carbons (Fsp3) is 0.538. The van der Waals surface area contributed by atoms with Crippen LogP contribution in [0.3, 0.4) is 0 Å². The van der Waals surface area contributed by atoms with E-state index >= 15 is 0 Å². The monoisotopic (exact) mass is 367 g/mol. The van der Waals surface area contributed by atoms with Gasteiger partial charge in [0.1, 0.15) is 0 Å². The molecule has 0 saturated heterocycles. The number of aryl methyl sites for hydroxylation is 1. The molecule has 0 heterocycles. The Morgan fingerprint density at radius 1 is 1.37 bits per heavy atom. The molecule has 0 aliphatic carbocycles. The minimum Gasteiger partial charge on any atom is -0.207 e. The van der Waals surface area contributed by atoms with Crippen molar-refractivity contribution in [2.24, 2.45) is 0 Å². The van der Waals surface area contributed by atoms with E-state index < -0.39 is 10.0 Å². The van der Waals surface area contributed by atoms with Crippen LogP contribution in [0.4, 0.5) is 0 Å². The summed E-state index contributed by atoms with van der Waals surface area (Å²) in [6.07, 6.45) is 1.81. The average Bonchev–Trinajstić information content (AvgIpc) is 2.38. The second-order valence-corrected chi connectivity index (χ2v) is 7.61. The molecular formula is C13H19BrClNO2S. The SMILES string of the molecule is CCCCN(C)S(=O)(=O)c1cc(CCl)cc(C)c1Br. The molecule has 0 spiro atoms. The van der Waals surface area contributed by atoms with E-state index in [2.05, 4.69) is 15.9 Å². The lowest BCUT2D eigenvalue weighted by molar-refractivity contribution is 0.459. The highest BCUT2D eigenvalue weighted by Gasteiger charge is 2.24. The first-order chi connectivity index (χ1) is 8.84. The summed E-state index contributed by atoms with van der Waals surface area (Å²) >= 11 is 9.18. The van der Waals surface area contributed by atoms with Gasteiger partial charge in [0.2, 0.25) is 10.0 Å². The highest BCUT2D eigenvalue weighted by molar-refractivity contribution is 9.10. The van der Waals surface area contributed by atoms with E-state index in [1.165, 1.54) is 4.31 Å². The van der Waals surface area contributed by atoms with Gasteiger partial charge in [0.05, 0.1) is 4.90 Å². The summed E-state index contributed by atoms with van der Waals surface area (Å²) in [6.45, 7) is 4.43. The van der Waals surface area contributed by atoms with E-state index in [1.54, 1.807) is 13.1 Å². The predicted octanol–water partition coefficient (Wildman–Crippen LogP) is 3.92. The molecule has 1 aromatic rings. The van der Waals surface area contributed by atoms with Gasteiger partial charge in [-0.2, -0.15) is 0 Å². The highest BCUT2D eigenvalue weighted by atomic mass is 79.9. The van der Waals surface area contributed by atoms with Crippen molar-refractivity contribution in [2.45, 2.75) is 37.5 Å². The largest absolute Gasteiger partial charge is 0.243 e. The Labute approximate surface area is 129 Å². The van der Waals surface area contributed by atoms with Gasteiger partial charge in [-0.05, 0) is 46.5 Å². The number of unbranched alkanes of at least 4 members (excludes halogenated alkanes) is 1. The molecule has 0 radical (unpaired) electrons. The van der Waals surface area contributed by atoms with Crippen LogP contribution in [-0.4, -0.2) is 26.3 Å². The number of rotatable bonds is 6. The van der Waals surface area contributed by atoms with E-state index in [0.717, 1.165) is 24.0 Å². The van der Waals surface area contributed by atoms with E-state index in [4.69, 9.17) is 11.6 Å². The zero-order valence-corrected chi connectivity index (χ0v) is 14.6. The minimum atomic E-state index is -3.47. The third kappa shape index (κ3) is 3.94. The number of alkyl halides is 1. The molecule has 1 rings (SSSR count). The van der Waals surface area contributed by atoms with E-state index in [-0.39, 0.29) is 0 Å². The lowest BCUT2D eigenvalue weighted by Crippen LogP contribution is -2.28. The van der Waals surface area contributed by atoms with Gasteiger partial charge in [0.15, 0.2) is 0 Å². The normalized spacial score (nSPS) is 12.1. The summed E-state index contributed by atoms with van der Waals surface area (Å²) in [5, 5.41) is 0. The Hall–Kier alpha value is -0.100. The van der Waals surface area contributed by atoms with Gasteiger partial charge in [-0.1, -0.05) is 19.4 Å². The van der Waals surface area contributed by atoms with Crippen molar-refractivity contribution < 1.29 is 8.42 Å². The molecular weight excluding hydrogens is 350 g/mol. The third-order valence-corrected chi connectivity index (χ3v) is 6.45. The van der Waals surface area contributed by atoms with Crippen LogP contribution in [0, 0.1) is 6.92 Å². The Morgan fingerprint density at radius 2 is 2.00 bits per heavy atom. The molecule has 0 aromatic heterocycles. The summed E-state index contributed by atoms with van der Waals surface area (Å²) < 4.78 is 27.1. The topological polar surface area (TPSA) is 37.4 Å². The van der Waals surface area contributed by atoms with Crippen LogP contribution in [-0.2, 0) is 15.9 Å². The summed E-state index contributed by atoms with van der Waals surface area (Å²) in [7, 11) is -1.86. The van der Waals surface area contributed by atoms with Crippen LogP contribution in [0.15, 0.2) is 21.5 Å². The number of halogens is 2. The maximum atomic E-state index is 12.5. The second kappa shape index (κ2) is 7.07. The van der Waals surface area contributed by atoms with Gasteiger partial charge in [-0.25, -0.2) is 12.7 Å². The van der Waals surface area contributed by atoms with Crippen molar-refractivity contribution in [3.63, 3.8) is 0 Å². The van der Waals surface area contributed by atoms with Crippen LogP contribution >= 0.6 is 27.5 Å². The van der Waals surface area contributed by atoms with Crippen molar-refractivity contribution in [2.75, 3.05) is 13.6 Å². The van der Waals surface area contributed by atoms with E-state index in [0.29, 0.717) is 21.8 Å². The van der Waals surface area contributed by atoms with Gasteiger partial charge >= 0.3 is 0 Å². The van der Waals surface area contributed by atoms with Gasteiger partial charge in [0.25, 0.3) is 0 Å². The lowest BCUT2D eigenvalue weighted by Gasteiger charge is -2.19. The van der Waals surface area contributed by atoms with Crippen molar-refractivity contribution in [3.05, 3.63) is 27.7 Å². The Morgan fingerprint density at radius 3 is 2.53 bits per heavy atom. The maximum absolute atomic E-state index is 12.5. The fourth-order valence-electron chi connectivity index (χ4n) is 1.74. The minimum absolute atomic E-state index is 0.293. The molecule has 0 atom stereocenters. The number of hydrogen-bond acceptors (Lipinski definition) is 2. The van der Waals surface area contributed by atoms with Gasteiger partial charge in [0, 0.05) is 23.9 Å². The Kier molecular flexibility index (Phi) is 6.30. The second-order valence-electron chi connectivity index (χ2n) is 4.54. The summed E-state index contributed by atoms with van der Waals surface area (Å²) in [5.41, 5.74) is 1.69. The molecule has 0 unspecified atom stereocenters. The van der Waals surface area contributed by atoms with Crippen LogP contribution in [0.5, 0.6) is 0 Å². The Bertz CT molecular complexity index is 546. The molecule has 6 heteroatoms. The molecule has 1 aromatic carbocycles. The van der Waals surface area contributed by atoms with Crippen LogP contribution in [0.2, 0.25) is 0 Å². The van der Waals surface area contributed by atoms with Crippen molar-refractivity contribution >= 4 is 37.6 Å². The number of hydrogen-bond donors (Lipinski definition) is 0. The zero-order chi connectivity index (χ0) is 14.6. The third-order valence-electron chi connectivity index (χ3n) is 2.95. The van der Waals surface area contributed by atoms with E-state index in [9.17, 15) is 8.42 Å². The first-order valence-electron chi connectivity index (χ1n) is 6.16. The van der Waals surface area contributed by atoms with Gasteiger partial charge in [-0.3, -0.25) is 0 Å². The lowest BCUT2D eigenvalue weighted by atomic mass is 10.2.